The molecule has 0 amide bonds. The molecule has 0 unspecified atom stereocenters. The van der Waals surface area contributed by atoms with Gasteiger partial charge in [-0.15, -0.1) is 0 Å². The molecule has 4 nitrogen and oxygen atoms in total. The van der Waals surface area contributed by atoms with Gasteiger partial charge in [-0.05, 0) is 94.9 Å². The summed E-state index contributed by atoms with van der Waals surface area (Å²) in [6.45, 7) is 1.79. The fraction of sp³-hybridized carbons (Fsp3) is 0.0800. The Kier molecular flexibility index (Phi) is 5.52. The van der Waals surface area contributed by atoms with Crippen molar-refractivity contribution in [2.75, 3.05) is 0 Å². The fourth-order valence-electron chi connectivity index (χ4n) is 3.79. The third-order valence-corrected chi connectivity index (χ3v) is 7.19. The zero-order valence-electron chi connectivity index (χ0n) is 17.0. The number of rotatable bonds is 5. The maximum absolute atomic E-state index is 13.8. The summed E-state index contributed by atoms with van der Waals surface area (Å²) in [5.41, 5.74) is 4.01. The van der Waals surface area contributed by atoms with Gasteiger partial charge in [0.15, 0.2) is 0 Å². The predicted molar refractivity (Wildman–Crippen MR) is 117 cm³/mol. The van der Waals surface area contributed by atoms with Gasteiger partial charge >= 0.3 is 5.97 Å². The van der Waals surface area contributed by atoms with Gasteiger partial charge in [0, 0.05) is 0 Å². The van der Waals surface area contributed by atoms with E-state index in [2.05, 4.69) is 0 Å². The van der Waals surface area contributed by atoms with Crippen molar-refractivity contribution < 1.29 is 27.1 Å². The average molecular weight is 452 g/mol. The van der Waals surface area contributed by atoms with Crippen molar-refractivity contribution in [3.63, 3.8) is 0 Å². The minimum absolute atomic E-state index is 0.00570. The summed E-state index contributed by atoms with van der Waals surface area (Å²) < 4.78 is 52.4. The summed E-state index contributed by atoms with van der Waals surface area (Å²) >= 11 is 0. The van der Waals surface area contributed by atoms with Crippen LogP contribution in [0.3, 0.4) is 0 Å². The lowest BCUT2D eigenvalue weighted by atomic mass is 10.0. The van der Waals surface area contributed by atoms with Gasteiger partial charge in [0.1, 0.15) is 11.6 Å². The van der Waals surface area contributed by atoms with E-state index in [0.717, 1.165) is 28.8 Å². The molecule has 1 N–H and O–H groups in total. The monoisotopic (exact) mass is 452 g/mol. The van der Waals surface area contributed by atoms with Crippen LogP contribution < -0.4 is 0 Å². The summed E-state index contributed by atoms with van der Waals surface area (Å²) in [4.78, 5) is 11.4. The maximum Gasteiger partial charge on any atom is 0.307 e. The summed E-state index contributed by atoms with van der Waals surface area (Å²) in [6.07, 6.45) is 1.59. The van der Waals surface area contributed by atoms with Crippen LogP contribution in [0.25, 0.3) is 17.2 Å². The molecule has 0 bridgehead atoms. The first kappa shape index (κ1) is 21.6. The normalized spacial score (nSPS) is 14.7. The number of halogens is 2. The fourth-order valence-corrected chi connectivity index (χ4v) is 5.05. The molecule has 162 valence electrons. The maximum atomic E-state index is 13.8. The van der Waals surface area contributed by atoms with Crippen molar-refractivity contribution >= 4 is 33.0 Å². The number of allylic oxidation sites excluding steroid dienone is 2. The van der Waals surface area contributed by atoms with Crippen LogP contribution >= 0.6 is 0 Å². The molecule has 1 aliphatic carbocycles. The number of carboxylic acids is 1. The topological polar surface area (TPSA) is 71.4 Å². The molecule has 0 atom stereocenters. The second kappa shape index (κ2) is 8.16. The molecule has 3 aromatic rings. The van der Waals surface area contributed by atoms with Crippen LogP contribution in [0.15, 0.2) is 82.1 Å². The van der Waals surface area contributed by atoms with E-state index < -0.39 is 27.4 Å². The van der Waals surface area contributed by atoms with Crippen molar-refractivity contribution in [2.24, 2.45) is 0 Å². The van der Waals surface area contributed by atoms with Gasteiger partial charge in [-0.25, -0.2) is 17.2 Å². The number of sulfone groups is 1. The van der Waals surface area contributed by atoms with Gasteiger partial charge in [-0.3, -0.25) is 4.79 Å². The Morgan fingerprint density at radius 2 is 1.44 bits per heavy atom. The quantitative estimate of drug-likeness (QED) is 0.512. The zero-order chi connectivity index (χ0) is 23.0. The molecule has 4 rings (SSSR count). The average Bonchev–Trinajstić information content (AvgIpc) is 2.99. The highest BCUT2D eigenvalue weighted by Gasteiger charge is 2.25. The second-order valence-corrected chi connectivity index (χ2v) is 9.40. The molecule has 0 spiro atoms. The van der Waals surface area contributed by atoms with Crippen molar-refractivity contribution in [1.82, 2.24) is 0 Å². The third kappa shape index (κ3) is 3.99. The molecule has 0 fully saturated rings. The first-order chi connectivity index (χ1) is 15.2. The number of benzene rings is 3. The van der Waals surface area contributed by atoms with Crippen LogP contribution in [0.1, 0.15) is 30.0 Å². The molecular formula is C25H18F2O4S. The van der Waals surface area contributed by atoms with E-state index in [0.29, 0.717) is 16.7 Å². The number of fused-ring (bicyclic) bond motifs is 1. The number of aliphatic carboxylic acids is 1. The Bertz CT molecular complexity index is 1380. The van der Waals surface area contributed by atoms with Crippen LogP contribution in [0.5, 0.6) is 0 Å². The van der Waals surface area contributed by atoms with Gasteiger partial charge < -0.3 is 5.11 Å². The van der Waals surface area contributed by atoms with Gasteiger partial charge in [0.25, 0.3) is 0 Å². The van der Waals surface area contributed by atoms with Crippen molar-refractivity contribution in [3.8, 4) is 0 Å². The number of hydrogen-bond acceptors (Lipinski definition) is 3. The summed E-state index contributed by atoms with van der Waals surface area (Å²) in [6, 6.07) is 15.1. The van der Waals surface area contributed by atoms with Gasteiger partial charge in [0.05, 0.1) is 16.2 Å². The van der Waals surface area contributed by atoms with Crippen LogP contribution in [0.4, 0.5) is 8.78 Å². The summed E-state index contributed by atoms with van der Waals surface area (Å²) in [7, 11) is -3.79. The molecule has 0 saturated carbocycles. The molecular weight excluding hydrogens is 434 g/mol. The highest BCUT2D eigenvalue weighted by atomic mass is 32.2. The first-order valence-electron chi connectivity index (χ1n) is 9.71. The Morgan fingerprint density at radius 1 is 0.875 bits per heavy atom. The van der Waals surface area contributed by atoms with Crippen molar-refractivity contribution in [3.05, 3.63) is 101 Å². The lowest BCUT2D eigenvalue weighted by Crippen LogP contribution is -2.01. The Balaban J connectivity index is 1.72. The van der Waals surface area contributed by atoms with Crippen LogP contribution in [0.2, 0.25) is 0 Å². The first-order valence-corrected chi connectivity index (χ1v) is 11.2. The molecule has 7 heteroatoms. The van der Waals surface area contributed by atoms with Crippen LogP contribution in [0, 0.1) is 11.6 Å². The highest BCUT2D eigenvalue weighted by molar-refractivity contribution is 7.91. The lowest BCUT2D eigenvalue weighted by molar-refractivity contribution is -0.135. The molecule has 0 heterocycles. The minimum Gasteiger partial charge on any atom is -0.481 e. The van der Waals surface area contributed by atoms with Crippen LogP contribution in [-0.4, -0.2) is 19.5 Å². The Morgan fingerprint density at radius 3 is 2.03 bits per heavy atom. The highest BCUT2D eigenvalue weighted by Crippen LogP contribution is 2.43. The third-order valence-electron chi connectivity index (χ3n) is 5.41. The lowest BCUT2D eigenvalue weighted by Gasteiger charge is -2.07. The van der Waals surface area contributed by atoms with Crippen molar-refractivity contribution in [2.45, 2.75) is 23.1 Å². The molecule has 32 heavy (non-hydrogen) atoms. The van der Waals surface area contributed by atoms with Gasteiger partial charge in [-0.2, -0.15) is 0 Å². The van der Waals surface area contributed by atoms with Gasteiger partial charge in [-0.1, -0.05) is 18.2 Å². The summed E-state index contributed by atoms with van der Waals surface area (Å²) in [5.74, 6) is -1.98. The Labute approximate surface area is 184 Å². The molecule has 1 aliphatic rings. The van der Waals surface area contributed by atoms with E-state index in [1.54, 1.807) is 25.1 Å². The molecule has 0 aromatic heterocycles. The standard InChI is InChI=1S/C25H18F2O4S/c1-15-22(21-11-6-18(27)13-24(21)23(15)14-25(28)29)12-16-2-7-19(8-3-16)32(30,31)20-9-4-17(26)5-10-20/h2-13H,14H2,1H3,(H,28,29)/b22-12-. The van der Waals surface area contributed by atoms with E-state index in [-0.39, 0.29) is 16.2 Å². The molecule has 0 aliphatic heterocycles. The molecule has 3 aromatic carbocycles. The van der Waals surface area contributed by atoms with E-state index in [4.69, 9.17) is 0 Å². The Hall–Kier alpha value is -3.58. The van der Waals surface area contributed by atoms with Gasteiger partial charge in [0.2, 0.25) is 9.84 Å². The summed E-state index contributed by atoms with van der Waals surface area (Å²) in [5, 5.41) is 9.25. The molecule has 0 saturated heterocycles. The SMILES string of the molecule is CC1=C(CC(=O)O)c2cc(F)ccc2/C1=C\c1ccc(S(=O)(=O)c2ccc(F)cc2)cc1. The van der Waals surface area contributed by atoms with E-state index in [1.165, 1.54) is 36.4 Å². The zero-order valence-corrected chi connectivity index (χ0v) is 17.8. The van der Waals surface area contributed by atoms with E-state index in [9.17, 15) is 27.1 Å². The predicted octanol–water partition coefficient (Wildman–Crippen LogP) is 5.60. The minimum atomic E-state index is -3.79. The largest absolute Gasteiger partial charge is 0.481 e. The van der Waals surface area contributed by atoms with Crippen molar-refractivity contribution in [1.29, 1.82) is 0 Å². The smallest absolute Gasteiger partial charge is 0.307 e. The number of carboxylic acid groups (broad SMARTS) is 1. The molecule has 0 radical (unpaired) electrons. The second-order valence-electron chi connectivity index (χ2n) is 7.45. The number of hydrogen-bond donors (Lipinski definition) is 1. The van der Waals surface area contributed by atoms with E-state index >= 15 is 0 Å². The van der Waals surface area contributed by atoms with E-state index in [1.807, 2.05) is 6.08 Å². The van der Waals surface area contributed by atoms with Crippen LogP contribution in [-0.2, 0) is 14.6 Å². The number of carbonyl (C=O) groups is 1.